The standard InChI is InChI=1S/C23H31NO5S/c1-3-4-5-6-22(29-17-18-7-13-21(28-2)14-8-18)19-9-11-20(12-10-19)24-23(25)15-16-30(24,26)27/h7-14,22-23,25H,3-6,15-17H2,1-2H3. The van der Waals surface area contributed by atoms with Gasteiger partial charge in [0.2, 0.25) is 10.0 Å². The molecule has 7 heteroatoms. The topological polar surface area (TPSA) is 76.1 Å². The van der Waals surface area contributed by atoms with Crippen LogP contribution >= 0.6 is 0 Å². The molecular weight excluding hydrogens is 402 g/mol. The number of sulfonamides is 1. The molecule has 3 rings (SSSR count). The molecule has 0 aromatic heterocycles. The van der Waals surface area contributed by atoms with Crippen molar-refractivity contribution in [2.75, 3.05) is 17.2 Å². The van der Waals surface area contributed by atoms with Gasteiger partial charge in [0.15, 0.2) is 0 Å². The van der Waals surface area contributed by atoms with Crippen LogP contribution in [0.25, 0.3) is 0 Å². The predicted molar refractivity (Wildman–Crippen MR) is 118 cm³/mol. The zero-order valence-corrected chi connectivity index (χ0v) is 18.5. The molecule has 0 spiro atoms. The van der Waals surface area contributed by atoms with Gasteiger partial charge < -0.3 is 14.6 Å². The maximum atomic E-state index is 12.2. The van der Waals surface area contributed by atoms with Gasteiger partial charge in [-0.05, 0) is 41.8 Å². The van der Waals surface area contributed by atoms with E-state index in [1.807, 2.05) is 36.4 Å². The van der Waals surface area contributed by atoms with Crippen LogP contribution < -0.4 is 9.04 Å². The van der Waals surface area contributed by atoms with Crippen LogP contribution in [-0.4, -0.2) is 32.6 Å². The summed E-state index contributed by atoms with van der Waals surface area (Å²) in [6.07, 6.45) is 3.39. The highest BCUT2D eigenvalue weighted by molar-refractivity contribution is 7.93. The summed E-state index contributed by atoms with van der Waals surface area (Å²) in [7, 11) is -1.81. The first kappa shape index (κ1) is 22.6. The van der Waals surface area contributed by atoms with Gasteiger partial charge in [-0.15, -0.1) is 0 Å². The number of aliphatic hydroxyl groups excluding tert-OH is 1. The number of unbranched alkanes of at least 4 members (excludes halogenated alkanes) is 2. The number of methoxy groups -OCH3 is 1. The molecule has 2 unspecified atom stereocenters. The lowest BCUT2D eigenvalue weighted by Gasteiger charge is -2.23. The van der Waals surface area contributed by atoms with Crippen molar-refractivity contribution < 1.29 is 23.0 Å². The summed E-state index contributed by atoms with van der Waals surface area (Å²) >= 11 is 0. The van der Waals surface area contributed by atoms with Crippen LogP contribution in [0.1, 0.15) is 56.3 Å². The lowest BCUT2D eigenvalue weighted by Crippen LogP contribution is -2.32. The molecule has 2 atom stereocenters. The van der Waals surface area contributed by atoms with E-state index in [0.717, 1.165) is 46.9 Å². The lowest BCUT2D eigenvalue weighted by molar-refractivity contribution is 0.0322. The summed E-state index contributed by atoms with van der Waals surface area (Å²) < 4.78 is 37.0. The Morgan fingerprint density at radius 1 is 1.10 bits per heavy atom. The van der Waals surface area contributed by atoms with Gasteiger partial charge in [-0.25, -0.2) is 12.7 Å². The molecule has 1 aliphatic rings. The zero-order valence-electron chi connectivity index (χ0n) is 17.7. The number of rotatable bonds is 10. The lowest BCUT2D eigenvalue weighted by atomic mass is 10.0. The maximum absolute atomic E-state index is 12.2. The van der Waals surface area contributed by atoms with Gasteiger partial charge >= 0.3 is 0 Å². The highest BCUT2D eigenvalue weighted by Gasteiger charge is 2.36. The Balaban J connectivity index is 1.72. The van der Waals surface area contributed by atoms with Crippen LogP contribution in [-0.2, 0) is 21.4 Å². The van der Waals surface area contributed by atoms with E-state index in [0.29, 0.717) is 12.3 Å². The first-order chi connectivity index (χ1) is 14.4. The fourth-order valence-corrected chi connectivity index (χ4v) is 5.29. The predicted octanol–water partition coefficient (Wildman–Crippen LogP) is 4.39. The van der Waals surface area contributed by atoms with Crippen LogP contribution in [0, 0.1) is 0 Å². The van der Waals surface area contributed by atoms with Gasteiger partial charge in [0.1, 0.15) is 12.0 Å². The van der Waals surface area contributed by atoms with Gasteiger partial charge in [0, 0.05) is 6.42 Å². The van der Waals surface area contributed by atoms with E-state index in [2.05, 4.69) is 6.92 Å². The van der Waals surface area contributed by atoms with Crippen LogP contribution in [0.3, 0.4) is 0 Å². The van der Waals surface area contributed by atoms with Gasteiger partial charge in [-0.3, -0.25) is 0 Å². The number of anilines is 1. The summed E-state index contributed by atoms with van der Waals surface area (Å²) in [6.45, 7) is 2.66. The fourth-order valence-electron chi connectivity index (χ4n) is 3.67. The smallest absolute Gasteiger partial charge is 0.237 e. The Morgan fingerprint density at radius 2 is 1.80 bits per heavy atom. The Kier molecular flexibility index (Phi) is 7.75. The molecule has 1 aliphatic heterocycles. The maximum Gasteiger partial charge on any atom is 0.237 e. The number of benzene rings is 2. The van der Waals surface area contributed by atoms with Crippen molar-refractivity contribution in [3.8, 4) is 5.75 Å². The first-order valence-corrected chi connectivity index (χ1v) is 12.1. The van der Waals surface area contributed by atoms with Crippen molar-refractivity contribution in [1.29, 1.82) is 0 Å². The van der Waals surface area contributed by atoms with Crippen LogP contribution in [0.15, 0.2) is 48.5 Å². The van der Waals surface area contributed by atoms with Gasteiger partial charge in [-0.2, -0.15) is 0 Å². The minimum Gasteiger partial charge on any atom is -0.497 e. The van der Waals surface area contributed by atoms with E-state index in [9.17, 15) is 13.5 Å². The average Bonchev–Trinajstić information content (AvgIpc) is 3.03. The third-order valence-corrected chi connectivity index (χ3v) is 7.21. The van der Waals surface area contributed by atoms with Gasteiger partial charge in [0.05, 0.1) is 31.3 Å². The van der Waals surface area contributed by atoms with Crippen molar-refractivity contribution in [1.82, 2.24) is 0 Å². The van der Waals surface area contributed by atoms with E-state index in [4.69, 9.17) is 9.47 Å². The number of hydrogen-bond donors (Lipinski definition) is 1. The molecule has 2 aromatic carbocycles. The molecule has 6 nitrogen and oxygen atoms in total. The molecule has 0 saturated carbocycles. The number of aliphatic hydroxyl groups is 1. The fraction of sp³-hybridized carbons (Fsp3) is 0.478. The normalized spacial score (nSPS) is 19.0. The molecule has 1 fully saturated rings. The minimum atomic E-state index is -3.45. The van der Waals surface area contributed by atoms with Crippen molar-refractivity contribution in [3.05, 3.63) is 59.7 Å². The number of hydrogen-bond acceptors (Lipinski definition) is 5. The second-order valence-corrected chi connectivity index (χ2v) is 9.58. The minimum absolute atomic E-state index is 0.0272. The Morgan fingerprint density at radius 3 is 2.37 bits per heavy atom. The molecule has 1 heterocycles. The van der Waals surface area contributed by atoms with Crippen LogP contribution in [0.5, 0.6) is 5.75 Å². The van der Waals surface area contributed by atoms with Crippen molar-refractivity contribution in [2.45, 2.75) is 58.0 Å². The summed E-state index contributed by atoms with van der Waals surface area (Å²) in [5.74, 6) is 0.786. The summed E-state index contributed by atoms with van der Waals surface area (Å²) in [5, 5.41) is 10.1. The highest BCUT2D eigenvalue weighted by Crippen LogP contribution is 2.31. The second kappa shape index (κ2) is 10.3. The molecule has 0 bridgehead atoms. The molecular formula is C23H31NO5S. The monoisotopic (exact) mass is 433 g/mol. The second-order valence-electron chi connectivity index (χ2n) is 7.62. The van der Waals surface area contributed by atoms with Crippen LogP contribution in [0.2, 0.25) is 0 Å². The van der Waals surface area contributed by atoms with E-state index < -0.39 is 16.3 Å². The number of ether oxygens (including phenoxy) is 2. The molecule has 1 saturated heterocycles. The van der Waals surface area contributed by atoms with Crippen LogP contribution in [0.4, 0.5) is 5.69 Å². The molecule has 164 valence electrons. The average molecular weight is 434 g/mol. The van der Waals surface area contributed by atoms with Crippen molar-refractivity contribution in [2.24, 2.45) is 0 Å². The molecule has 0 radical (unpaired) electrons. The molecule has 1 N–H and O–H groups in total. The number of nitrogens with zero attached hydrogens (tertiary/aromatic N) is 1. The van der Waals surface area contributed by atoms with Gasteiger partial charge in [-0.1, -0.05) is 50.5 Å². The van der Waals surface area contributed by atoms with Gasteiger partial charge in [0.25, 0.3) is 0 Å². The highest BCUT2D eigenvalue weighted by atomic mass is 32.2. The van der Waals surface area contributed by atoms with Crippen molar-refractivity contribution >= 4 is 15.7 Å². The Bertz CT molecular complexity index is 896. The quantitative estimate of drug-likeness (QED) is 0.562. The Labute approximate surface area is 179 Å². The molecule has 30 heavy (non-hydrogen) atoms. The molecule has 0 amide bonds. The SMILES string of the molecule is CCCCCC(OCc1ccc(OC)cc1)c1ccc(N2C(O)CCS2(=O)=O)cc1. The third kappa shape index (κ3) is 5.53. The molecule has 2 aromatic rings. The molecule has 0 aliphatic carbocycles. The zero-order chi connectivity index (χ0) is 21.6. The summed E-state index contributed by atoms with van der Waals surface area (Å²) in [6, 6.07) is 15.1. The van der Waals surface area contributed by atoms with E-state index in [1.165, 1.54) is 0 Å². The Hall–Kier alpha value is -2.09. The largest absolute Gasteiger partial charge is 0.497 e. The summed E-state index contributed by atoms with van der Waals surface area (Å²) in [4.78, 5) is 0. The van der Waals surface area contributed by atoms with E-state index in [1.54, 1.807) is 19.2 Å². The third-order valence-electron chi connectivity index (χ3n) is 5.40. The van der Waals surface area contributed by atoms with E-state index >= 15 is 0 Å². The first-order valence-electron chi connectivity index (χ1n) is 10.5. The summed E-state index contributed by atoms with van der Waals surface area (Å²) in [5.41, 5.74) is 2.57. The van der Waals surface area contributed by atoms with E-state index in [-0.39, 0.29) is 18.3 Å². The van der Waals surface area contributed by atoms with Crippen molar-refractivity contribution in [3.63, 3.8) is 0 Å².